The van der Waals surface area contributed by atoms with Crippen molar-refractivity contribution in [3.05, 3.63) is 29.8 Å². The first-order chi connectivity index (χ1) is 7.72. The van der Waals surface area contributed by atoms with Crippen LogP contribution in [0.3, 0.4) is 0 Å². The van der Waals surface area contributed by atoms with Gasteiger partial charge in [-0.15, -0.1) is 0 Å². The highest BCUT2D eigenvalue weighted by molar-refractivity contribution is 6.39. The van der Waals surface area contributed by atoms with E-state index in [2.05, 4.69) is 9.41 Å². The highest BCUT2D eigenvalue weighted by atomic mass is 16.8. The Balaban J connectivity index is 2.79. The number of rotatable bonds is 5. The molecule has 0 aromatic heterocycles. The largest absolute Gasteiger partial charge is 0.732 e. The van der Waals surface area contributed by atoms with E-state index < -0.39 is 13.3 Å². The van der Waals surface area contributed by atoms with Crippen molar-refractivity contribution >= 4 is 13.3 Å². The van der Waals surface area contributed by atoms with Crippen LogP contribution in [0, 0.1) is 0 Å². The van der Waals surface area contributed by atoms with Gasteiger partial charge in [0, 0.05) is 7.11 Å². The molecule has 86 valence electrons. The molecule has 1 aromatic carbocycles. The van der Waals surface area contributed by atoms with Crippen LogP contribution in [-0.2, 0) is 14.1 Å². The molecule has 0 unspecified atom stereocenters. The monoisotopic (exact) mass is 225 g/mol. The zero-order valence-electron chi connectivity index (χ0n) is 9.01. The van der Waals surface area contributed by atoms with Crippen molar-refractivity contribution in [2.24, 2.45) is 5.90 Å². The number of carbonyl (C=O) groups excluding carboxylic acids is 1. The second-order valence-corrected chi connectivity index (χ2v) is 2.77. The molecule has 0 fully saturated rings. The number of para-hydroxylation sites is 1. The molecule has 0 saturated carbocycles. The third-order valence-electron chi connectivity index (χ3n) is 1.83. The molecule has 7 heteroatoms. The van der Waals surface area contributed by atoms with Crippen molar-refractivity contribution in [1.29, 1.82) is 0 Å². The molecule has 1 rings (SSSR count). The van der Waals surface area contributed by atoms with Crippen LogP contribution in [0.1, 0.15) is 10.4 Å². The van der Waals surface area contributed by atoms with Crippen molar-refractivity contribution in [1.82, 2.24) is 0 Å². The fourth-order valence-electron chi connectivity index (χ4n) is 1.10. The van der Waals surface area contributed by atoms with Crippen LogP contribution in [0.4, 0.5) is 0 Å². The van der Waals surface area contributed by atoms with Gasteiger partial charge in [0.1, 0.15) is 5.75 Å². The summed E-state index contributed by atoms with van der Waals surface area (Å²) in [6, 6.07) is 6.62. The van der Waals surface area contributed by atoms with Gasteiger partial charge in [-0.3, -0.25) is 4.76 Å². The van der Waals surface area contributed by atoms with Gasteiger partial charge >= 0.3 is 13.3 Å². The molecular formula is C9H12BNO5. The zero-order chi connectivity index (χ0) is 12.0. The smallest absolute Gasteiger partial charge is 0.496 e. The number of hydrogen-bond acceptors (Lipinski definition) is 6. The Morgan fingerprint density at radius 2 is 2.00 bits per heavy atom. The Hall–Kier alpha value is -1.57. The summed E-state index contributed by atoms with van der Waals surface area (Å²) in [4.78, 5) is 11.6. The molecule has 0 aliphatic carbocycles. The summed E-state index contributed by atoms with van der Waals surface area (Å²) in [6.07, 6.45) is 0. The Labute approximate surface area is 93.4 Å². The van der Waals surface area contributed by atoms with Gasteiger partial charge in [-0.2, -0.15) is 0 Å². The van der Waals surface area contributed by atoms with Gasteiger partial charge in [-0.1, -0.05) is 12.1 Å². The molecule has 0 spiro atoms. The summed E-state index contributed by atoms with van der Waals surface area (Å²) in [5.74, 6) is 4.61. The molecule has 0 radical (unpaired) electrons. The van der Waals surface area contributed by atoms with E-state index in [1.165, 1.54) is 14.2 Å². The number of carbonyl (C=O) groups is 1. The van der Waals surface area contributed by atoms with Gasteiger partial charge in [0.05, 0.1) is 12.7 Å². The molecule has 6 nitrogen and oxygen atoms in total. The number of nitrogens with two attached hydrogens (primary N) is 1. The van der Waals surface area contributed by atoms with E-state index in [0.717, 1.165) is 0 Å². The van der Waals surface area contributed by atoms with E-state index in [0.29, 0.717) is 5.75 Å². The summed E-state index contributed by atoms with van der Waals surface area (Å²) in [7, 11) is 1.52. The minimum Gasteiger partial charge on any atom is -0.496 e. The molecule has 0 aliphatic rings. The fraction of sp³-hybridized carbons (Fsp3) is 0.222. The second kappa shape index (κ2) is 6.11. The lowest BCUT2D eigenvalue weighted by atomic mass is 10.2. The third-order valence-corrected chi connectivity index (χ3v) is 1.83. The minimum absolute atomic E-state index is 0.268. The van der Waals surface area contributed by atoms with Gasteiger partial charge in [0.15, 0.2) is 0 Å². The average Bonchev–Trinajstić information content (AvgIpc) is 2.35. The van der Waals surface area contributed by atoms with Crippen molar-refractivity contribution in [2.75, 3.05) is 14.2 Å². The molecular weight excluding hydrogens is 213 g/mol. The van der Waals surface area contributed by atoms with Crippen molar-refractivity contribution < 1.29 is 23.6 Å². The lowest BCUT2D eigenvalue weighted by molar-refractivity contribution is 0.0561. The Morgan fingerprint density at radius 1 is 1.31 bits per heavy atom. The van der Waals surface area contributed by atoms with Crippen LogP contribution in [0.2, 0.25) is 0 Å². The van der Waals surface area contributed by atoms with Crippen LogP contribution in [-0.4, -0.2) is 27.5 Å². The predicted molar refractivity (Wildman–Crippen MR) is 56.4 cm³/mol. The van der Waals surface area contributed by atoms with E-state index in [4.69, 9.17) is 15.3 Å². The van der Waals surface area contributed by atoms with Crippen LogP contribution in [0.25, 0.3) is 0 Å². The van der Waals surface area contributed by atoms with Crippen molar-refractivity contribution in [3.8, 4) is 5.75 Å². The van der Waals surface area contributed by atoms with Gasteiger partial charge in [-0.05, 0) is 12.1 Å². The lowest BCUT2D eigenvalue weighted by Gasteiger charge is -2.10. The highest BCUT2D eigenvalue weighted by Gasteiger charge is 2.26. The topological polar surface area (TPSA) is 80.0 Å². The lowest BCUT2D eigenvalue weighted by Crippen LogP contribution is -2.31. The second-order valence-electron chi connectivity index (χ2n) is 2.77. The molecule has 0 saturated heterocycles. The average molecular weight is 225 g/mol. The standard InChI is InChI=1S/C9H12BNO5/c1-13-8-6-4-3-5-7(8)9(12)15-10(14-2)16-11/h3-6H,11H2,1-2H3. The minimum atomic E-state index is -1.24. The first kappa shape index (κ1) is 12.5. The molecule has 1 aromatic rings. The Bertz CT molecular complexity index is 356. The fourth-order valence-corrected chi connectivity index (χ4v) is 1.10. The Morgan fingerprint density at radius 3 is 2.56 bits per heavy atom. The van der Waals surface area contributed by atoms with Crippen LogP contribution in [0.15, 0.2) is 24.3 Å². The van der Waals surface area contributed by atoms with E-state index in [1.807, 2.05) is 0 Å². The van der Waals surface area contributed by atoms with Gasteiger partial charge in [0.25, 0.3) is 0 Å². The van der Waals surface area contributed by atoms with Crippen molar-refractivity contribution in [2.45, 2.75) is 0 Å². The molecule has 16 heavy (non-hydrogen) atoms. The molecule has 0 aliphatic heterocycles. The number of ether oxygens (including phenoxy) is 1. The maximum absolute atomic E-state index is 11.6. The van der Waals surface area contributed by atoms with E-state index >= 15 is 0 Å². The summed E-state index contributed by atoms with van der Waals surface area (Å²) < 4.78 is 18.7. The maximum Gasteiger partial charge on any atom is 0.732 e. The van der Waals surface area contributed by atoms with Gasteiger partial charge in [0.2, 0.25) is 0 Å². The molecule has 0 atom stereocenters. The molecule has 0 heterocycles. The van der Waals surface area contributed by atoms with E-state index in [-0.39, 0.29) is 5.56 Å². The number of methoxy groups -OCH3 is 1. The first-order valence-corrected chi connectivity index (χ1v) is 4.45. The summed E-state index contributed by atoms with van der Waals surface area (Å²) in [5.41, 5.74) is 0.268. The zero-order valence-corrected chi connectivity index (χ0v) is 9.01. The van der Waals surface area contributed by atoms with Crippen LogP contribution < -0.4 is 10.6 Å². The summed E-state index contributed by atoms with van der Waals surface area (Å²) >= 11 is 0. The normalized spacial score (nSPS) is 9.69. The number of benzene rings is 1. The van der Waals surface area contributed by atoms with E-state index in [1.54, 1.807) is 24.3 Å². The first-order valence-electron chi connectivity index (χ1n) is 4.45. The predicted octanol–water partition coefficient (Wildman–Crippen LogP) is 0.374. The van der Waals surface area contributed by atoms with Gasteiger partial charge < -0.3 is 14.0 Å². The molecule has 0 amide bonds. The van der Waals surface area contributed by atoms with Crippen LogP contribution in [0.5, 0.6) is 5.75 Å². The van der Waals surface area contributed by atoms with Crippen LogP contribution >= 0.6 is 0 Å². The third kappa shape index (κ3) is 2.96. The quantitative estimate of drug-likeness (QED) is 0.576. The SMILES string of the molecule is COB(ON)OC(=O)c1ccccc1OC. The Kier molecular flexibility index (Phi) is 4.78. The summed E-state index contributed by atoms with van der Waals surface area (Å²) in [5, 5.41) is 0. The van der Waals surface area contributed by atoms with E-state index in [9.17, 15) is 4.79 Å². The van der Waals surface area contributed by atoms with Gasteiger partial charge in [-0.25, -0.2) is 10.7 Å². The maximum atomic E-state index is 11.6. The molecule has 0 bridgehead atoms. The highest BCUT2D eigenvalue weighted by Crippen LogP contribution is 2.18. The number of hydrogen-bond donors (Lipinski definition) is 1. The molecule has 2 N–H and O–H groups in total. The summed E-state index contributed by atoms with van der Waals surface area (Å²) in [6.45, 7) is 0. The van der Waals surface area contributed by atoms with Crippen molar-refractivity contribution in [3.63, 3.8) is 0 Å².